The zero-order valence-electron chi connectivity index (χ0n) is 18.6. The smallest absolute Gasteiger partial charge is 0.222 e. The lowest BCUT2D eigenvalue weighted by Crippen LogP contribution is -2.61. The summed E-state index contributed by atoms with van der Waals surface area (Å²) in [7, 11) is 2.05. The Morgan fingerprint density at radius 3 is 2.53 bits per heavy atom. The van der Waals surface area contributed by atoms with Crippen molar-refractivity contribution in [2.75, 3.05) is 7.05 Å². The molecule has 0 bridgehead atoms. The van der Waals surface area contributed by atoms with E-state index in [9.17, 15) is 4.79 Å². The van der Waals surface area contributed by atoms with Crippen molar-refractivity contribution in [2.24, 2.45) is 28.6 Å². The van der Waals surface area contributed by atoms with Gasteiger partial charge in [-0.2, -0.15) is 0 Å². The molecule has 1 aromatic carbocycles. The van der Waals surface area contributed by atoms with Crippen molar-refractivity contribution in [1.29, 1.82) is 0 Å². The van der Waals surface area contributed by atoms with Gasteiger partial charge < -0.3 is 4.90 Å². The van der Waals surface area contributed by atoms with Gasteiger partial charge in [0.05, 0.1) is 11.6 Å². The number of likely N-dealkylation sites (tertiary alicyclic amines) is 1. The average Bonchev–Trinajstić information content (AvgIpc) is 3.31. The van der Waals surface area contributed by atoms with Crippen LogP contribution in [0.2, 0.25) is 0 Å². The number of carbonyl (C=O) groups is 1. The fraction of sp³-hybridized carbons (Fsp3) is 0.720. The molecule has 5 nitrogen and oxygen atoms in total. The van der Waals surface area contributed by atoms with Gasteiger partial charge in [-0.25, -0.2) is 4.68 Å². The van der Waals surface area contributed by atoms with Gasteiger partial charge in [0.25, 0.3) is 0 Å². The van der Waals surface area contributed by atoms with E-state index in [1.165, 1.54) is 44.0 Å². The molecule has 160 valence electrons. The molecule has 1 amide bonds. The predicted octanol–water partition coefficient (Wildman–Crippen LogP) is 4.84. The van der Waals surface area contributed by atoms with E-state index in [-0.39, 0.29) is 0 Å². The molecule has 1 saturated heterocycles. The van der Waals surface area contributed by atoms with E-state index >= 15 is 0 Å². The highest BCUT2D eigenvalue weighted by Crippen LogP contribution is 2.67. The fourth-order valence-corrected chi connectivity index (χ4v) is 8.64. The molecular formula is C25H34N4O. The molecule has 2 unspecified atom stereocenters. The summed E-state index contributed by atoms with van der Waals surface area (Å²) in [5.41, 5.74) is 2.80. The van der Waals surface area contributed by atoms with Crippen LogP contribution < -0.4 is 0 Å². The zero-order chi connectivity index (χ0) is 20.7. The van der Waals surface area contributed by atoms with Gasteiger partial charge in [0.1, 0.15) is 5.52 Å². The van der Waals surface area contributed by atoms with Crippen LogP contribution in [0.5, 0.6) is 0 Å². The lowest BCUT2D eigenvalue weighted by molar-refractivity contribution is -0.158. The minimum Gasteiger partial charge on any atom is -0.342 e. The van der Waals surface area contributed by atoms with Crippen LogP contribution in [0.1, 0.15) is 71.3 Å². The minimum absolute atomic E-state index is 0.297. The van der Waals surface area contributed by atoms with E-state index in [2.05, 4.69) is 65.1 Å². The zero-order valence-corrected chi connectivity index (χ0v) is 18.6. The maximum absolute atomic E-state index is 12.4. The molecule has 0 radical (unpaired) electrons. The molecule has 30 heavy (non-hydrogen) atoms. The van der Waals surface area contributed by atoms with Crippen LogP contribution in [0, 0.1) is 28.6 Å². The van der Waals surface area contributed by atoms with Gasteiger partial charge in [-0.05, 0) is 85.7 Å². The van der Waals surface area contributed by atoms with E-state index in [1.54, 1.807) is 0 Å². The number of benzene rings is 1. The highest BCUT2D eigenvalue weighted by atomic mass is 16.2. The van der Waals surface area contributed by atoms with E-state index in [0.29, 0.717) is 28.8 Å². The Labute approximate surface area is 179 Å². The largest absolute Gasteiger partial charge is 0.342 e. The first-order valence-corrected chi connectivity index (χ1v) is 12.0. The van der Waals surface area contributed by atoms with E-state index < -0.39 is 0 Å². The lowest BCUT2D eigenvalue weighted by Gasteiger charge is -2.61. The second kappa shape index (κ2) is 6.30. The van der Waals surface area contributed by atoms with E-state index in [4.69, 9.17) is 0 Å². The fourth-order valence-electron chi connectivity index (χ4n) is 8.64. The monoisotopic (exact) mass is 406 g/mol. The standard InChI is InChI=1S/C25H34N4O/c1-24-15-13-23(30)28(3)21(24)10-8-16-17-9-11-22(25(17,2)14-12-18(16)24)29-20-7-5-4-6-19(20)26-27-29/h4-7,16-18,21-22H,8-15H2,1-3H3/t16-,17-,18+,21?,22?,24+,25-/m0/s1. The maximum atomic E-state index is 12.4. The molecule has 2 heterocycles. The van der Waals surface area contributed by atoms with Crippen molar-refractivity contribution in [3.8, 4) is 0 Å². The molecule has 4 aliphatic rings. The average molecular weight is 407 g/mol. The summed E-state index contributed by atoms with van der Waals surface area (Å²) in [6.45, 7) is 5.06. The SMILES string of the molecule is CN1C(=O)CC[C@@]2(C)C1CC[C@@H]1[C@H]2CC[C@]2(C)C(n3nnc4ccccc43)CC[C@@H]12. The van der Waals surface area contributed by atoms with Crippen molar-refractivity contribution in [1.82, 2.24) is 19.9 Å². The third-order valence-electron chi connectivity index (χ3n) is 10.2. The molecule has 3 saturated carbocycles. The van der Waals surface area contributed by atoms with Gasteiger partial charge in [-0.15, -0.1) is 5.10 Å². The highest BCUT2D eigenvalue weighted by Gasteiger charge is 2.61. The van der Waals surface area contributed by atoms with Crippen molar-refractivity contribution in [3.63, 3.8) is 0 Å². The Morgan fingerprint density at radius 1 is 0.933 bits per heavy atom. The van der Waals surface area contributed by atoms with Gasteiger partial charge in [0.15, 0.2) is 0 Å². The summed E-state index contributed by atoms with van der Waals surface area (Å²) >= 11 is 0. The third kappa shape index (κ3) is 2.32. The summed E-state index contributed by atoms with van der Waals surface area (Å²) in [6, 6.07) is 9.32. The minimum atomic E-state index is 0.297. The number of nitrogens with zero attached hydrogens (tertiary/aromatic N) is 4. The van der Waals surface area contributed by atoms with Gasteiger partial charge in [-0.1, -0.05) is 31.2 Å². The molecule has 0 spiro atoms. The number of rotatable bonds is 1. The maximum Gasteiger partial charge on any atom is 0.222 e. The first kappa shape index (κ1) is 18.8. The van der Waals surface area contributed by atoms with Gasteiger partial charge >= 0.3 is 0 Å². The Hall–Kier alpha value is -1.91. The number of hydrogen-bond acceptors (Lipinski definition) is 3. The predicted molar refractivity (Wildman–Crippen MR) is 117 cm³/mol. The van der Waals surface area contributed by atoms with Crippen molar-refractivity contribution >= 4 is 16.9 Å². The Bertz CT molecular complexity index is 1000. The second-order valence-electron chi connectivity index (χ2n) is 11.1. The number of fused-ring (bicyclic) bond motifs is 6. The van der Waals surface area contributed by atoms with Crippen molar-refractivity contribution in [2.45, 2.75) is 77.3 Å². The number of carbonyl (C=O) groups excluding carboxylic acids is 1. The number of aromatic nitrogens is 3. The first-order valence-electron chi connectivity index (χ1n) is 12.0. The van der Waals surface area contributed by atoms with Crippen LogP contribution in [0.3, 0.4) is 0 Å². The Morgan fingerprint density at radius 2 is 1.67 bits per heavy atom. The van der Waals surface area contributed by atoms with Crippen molar-refractivity contribution < 1.29 is 4.79 Å². The molecule has 0 N–H and O–H groups in total. The normalized spacial score (nSPS) is 43.4. The first-order chi connectivity index (χ1) is 14.4. The molecule has 2 aromatic rings. The number of piperidine rings is 1. The summed E-state index contributed by atoms with van der Waals surface area (Å²) < 4.78 is 2.26. The van der Waals surface area contributed by atoms with E-state index in [0.717, 1.165) is 36.1 Å². The van der Waals surface area contributed by atoms with Crippen molar-refractivity contribution in [3.05, 3.63) is 24.3 Å². The number of amides is 1. The number of hydrogen-bond donors (Lipinski definition) is 0. The molecular weight excluding hydrogens is 372 g/mol. The summed E-state index contributed by atoms with van der Waals surface area (Å²) in [5.74, 6) is 2.68. The van der Waals surface area contributed by atoms with Crippen LogP contribution in [-0.2, 0) is 4.79 Å². The van der Waals surface area contributed by atoms with Crippen LogP contribution in [0.4, 0.5) is 0 Å². The quantitative estimate of drug-likeness (QED) is 0.681. The topological polar surface area (TPSA) is 51.0 Å². The molecule has 1 aromatic heterocycles. The van der Waals surface area contributed by atoms with Crippen LogP contribution in [-0.4, -0.2) is 38.9 Å². The highest BCUT2D eigenvalue weighted by molar-refractivity contribution is 5.77. The lowest BCUT2D eigenvalue weighted by atomic mass is 9.47. The van der Waals surface area contributed by atoms with Crippen LogP contribution in [0.15, 0.2) is 24.3 Å². The molecule has 5 heteroatoms. The molecule has 3 aliphatic carbocycles. The van der Waals surface area contributed by atoms with Crippen LogP contribution >= 0.6 is 0 Å². The van der Waals surface area contributed by atoms with Crippen LogP contribution in [0.25, 0.3) is 11.0 Å². The third-order valence-corrected chi connectivity index (χ3v) is 10.2. The molecule has 1 aliphatic heterocycles. The number of para-hydroxylation sites is 1. The van der Waals surface area contributed by atoms with Gasteiger partial charge in [0.2, 0.25) is 5.91 Å². The summed E-state index contributed by atoms with van der Waals surface area (Å²) in [6.07, 6.45) is 9.40. The summed E-state index contributed by atoms with van der Waals surface area (Å²) in [4.78, 5) is 14.5. The van der Waals surface area contributed by atoms with Gasteiger partial charge in [-0.3, -0.25) is 4.79 Å². The Kier molecular flexibility index (Phi) is 3.96. The molecule has 6 rings (SSSR count). The second-order valence-corrected chi connectivity index (χ2v) is 11.1. The Balaban J connectivity index is 1.33. The summed E-state index contributed by atoms with van der Waals surface area (Å²) in [5, 5.41) is 9.11. The molecule has 7 atom stereocenters. The van der Waals surface area contributed by atoms with Gasteiger partial charge in [0, 0.05) is 19.5 Å². The molecule has 4 fully saturated rings. The van der Waals surface area contributed by atoms with E-state index in [1.807, 2.05) is 0 Å².